The van der Waals surface area contributed by atoms with Crippen molar-refractivity contribution >= 4 is 5.95 Å². The fraction of sp³-hybridized carbons (Fsp3) is 0.350. The number of hydrogen-bond acceptors (Lipinski definition) is 7. The van der Waals surface area contributed by atoms with E-state index >= 15 is 0 Å². The van der Waals surface area contributed by atoms with Crippen molar-refractivity contribution in [1.29, 1.82) is 0 Å². The lowest BCUT2D eigenvalue weighted by Gasteiger charge is -2.32. The molecule has 2 aromatic carbocycles. The van der Waals surface area contributed by atoms with Gasteiger partial charge in [-0.3, -0.25) is 0 Å². The lowest BCUT2D eigenvalue weighted by atomic mass is 9.92. The zero-order valence-corrected chi connectivity index (χ0v) is 16.3. The van der Waals surface area contributed by atoms with Gasteiger partial charge in [-0.05, 0) is 41.5 Å². The van der Waals surface area contributed by atoms with E-state index in [1.165, 1.54) is 11.1 Å². The highest BCUT2D eigenvalue weighted by Gasteiger charge is 2.33. The van der Waals surface area contributed by atoms with Crippen molar-refractivity contribution in [3.05, 3.63) is 53.1 Å². The lowest BCUT2D eigenvalue weighted by molar-refractivity contribution is 0.315. The minimum Gasteiger partial charge on any atom is -0.493 e. The summed E-state index contributed by atoms with van der Waals surface area (Å²) in [7, 11) is 4.83. The third kappa shape index (κ3) is 3.00. The minimum atomic E-state index is -0.118. The molecule has 2 atom stereocenters. The number of hydrogen-bond donors (Lipinski definition) is 1. The summed E-state index contributed by atoms with van der Waals surface area (Å²) in [6, 6.07) is 12.3. The molecular formula is C20H23N5O3. The van der Waals surface area contributed by atoms with E-state index in [1.54, 1.807) is 26.0 Å². The van der Waals surface area contributed by atoms with Gasteiger partial charge in [0.05, 0.1) is 33.4 Å². The first-order chi connectivity index (χ1) is 13.7. The first-order valence-corrected chi connectivity index (χ1v) is 9.06. The van der Waals surface area contributed by atoms with Crippen molar-refractivity contribution in [2.24, 2.45) is 0 Å². The van der Waals surface area contributed by atoms with Gasteiger partial charge in [0, 0.05) is 5.56 Å². The Morgan fingerprint density at radius 1 is 0.964 bits per heavy atom. The Kier molecular flexibility index (Phi) is 4.77. The quantitative estimate of drug-likeness (QED) is 0.727. The van der Waals surface area contributed by atoms with Gasteiger partial charge in [0.25, 0.3) is 0 Å². The predicted molar refractivity (Wildman–Crippen MR) is 104 cm³/mol. The Morgan fingerprint density at radius 2 is 1.71 bits per heavy atom. The molecule has 0 spiro atoms. The molecule has 8 nitrogen and oxygen atoms in total. The number of anilines is 1. The molecule has 0 aliphatic carbocycles. The molecule has 1 aliphatic heterocycles. The second kappa shape index (κ2) is 7.38. The number of nitrogens with zero attached hydrogens (tertiary/aromatic N) is 4. The molecular weight excluding hydrogens is 358 g/mol. The third-order valence-electron chi connectivity index (χ3n) is 5.12. The number of aromatic nitrogens is 4. The number of tetrazole rings is 1. The largest absolute Gasteiger partial charge is 0.493 e. The van der Waals surface area contributed by atoms with E-state index in [-0.39, 0.29) is 12.1 Å². The predicted octanol–water partition coefficient (Wildman–Crippen LogP) is 3.15. The zero-order chi connectivity index (χ0) is 19.7. The number of rotatable bonds is 5. The van der Waals surface area contributed by atoms with Gasteiger partial charge in [0.1, 0.15) is 0 Å². The van der Waals surface area contributed by atoms with Crippen LogP contribution in [0.1, 0.15) is 35.2 Å². The van der Waals surface area contributed by atoms with Gasteiger partial charge in [0.15, 0.2) is 11.5 Å². The summed E-state index contributed by atoms with van der Waals surface area (Å²) >= 11 is 0. The van der Waals surface area contributed by atoms with Gasteiger partial charge in [-0.2, -0.15) is 0 Å². The monoisotopic (exact) mass is 381 g/mol. The molecule has 0 radical (unpaired) electrons. The average Bonchev–Trinajstić information content (AvgIpc) is 3.21. The van der Waals surface area contributed by atoms with Gasteiger partial charge in [-0.25, -0.2) is 4.68 Å². The molecule has 0 saturated carbocycles. The number of ether oxygens (including phenoxy) is 3. The summed E-state index contributed by atoms with van der Waals surface area (Å²) in [6.07, 6.45) is 0.757. The van der Waals surface area contributed by atoms with Gasteiger partial charge < -0.3 is 19.5 Å². The van der Waals surface area contributed by atoms with E-state index in [0.717, 1.165) is 12.0 Å². The average molecular weight is 381 g/mol. The molecule has 0 fully saturated rings. The van der Waals surface area contributed by atoms with E-state index in [1.807, 2.05) is 12.1 Å². The number of fused-ring (bicyclic) bond motifs is 1. The summed E-state index contributed by atoms with van der Waals surface area (Å²) in [5.41, 5.74) is 3.35. The fourth-order valence-corrected chi connectivity index (χ4v) is 3.70. The first-order valence-electron chi connectivity index (χ1n) is 9.06. The molecule has 3 aromatic rings. The summed E-state index contributed by atoms with van der Waals surface area (Å²) < 4.78 is 18.5. The Bertz CT molecular complexity index is 970. The molecule has 28 heavy (non-hydrogen) atoms. The number of nitrogens with one attached hydrogen (secondary N) is 1. The standard InChI is InChI=1S/C20H23N5O3/c1-12-5-7-13(8-6-12)15-11-16(25-20(21-15)22-23-24-25)14-9-10-17(26-2)19(28-4)18(14)27-3/h5-10,15-16H,11H2,1-4H3,(H,21,22,24)/t15-,16+/m0/s1. The molecule has 1 aliphatic rings. The molecule has 0 bridgehead atoms. The summed E-state index contributed by atoms with van der Waals surface area (Å²) in [4.78, 5) is 0. The van der Waals surface area contributed by atoms with Crippen molar-refractivity contribution in [3.8, 4) is 17.2 Å². The molecule has 146 valence electrons. The van der Waals surface area contributed by atoms with Gasteiger partial charge in [-0.1, -0.05) is 34.9 Å². The van der Waals surface area contributed by atoms with Crippen molar-refractivity contribution in [2.75, 3.05) is 26.6 Å². The third-order valence-corrected chi connectivity index (χ3v) is 5.12. The van der Waals surface area contributed by atoms with Crippen molar-refractivity contribution in [3.63, 3.8) is 0 Å². The molecule has 0 unspecified atom stereocenters. The van der Waals surface area contributed by atoms with Crippen LogP contribution in [0.25, 0.3) is 0 Å². The number of aryl methyl sites for hydroxylation is 1. The maximum Gasteiger partial charge on any atom is 0.243 e. The molecule has 0 saturated heterocycles. The van der Waals surface area contributed by atoms with Gasteiger partial charge >= 0.3 is 0 Å². The molecule has 0 amide bonds. The highest BCUT2D eigenvalue weighted by molar-refractivity contribution is 5.57. The zero-order valence-electron chi connectivity index (χ0n) is 16.3. The van der Waals surface area contributed by atoms with Crippen molar-refractivity contribution in [2.45, 2.75) is 25.4 Å². The molecule has 8 heteroatoms. The topological polar surface area (TPSA) is 83.3 Å². The maximum absolute atomic E-state index is 5.70. The number of methoxy groups -OCH3 is 3. The summed E-state index contributed by atoms with van der Waals surface area (Å²) in [5, 5.41) is 15.6. The molecule has 2 heterocycles. The highest BCUT2D eigenvalue weighted by atomic mass is 16.5. The molecule has 1 aromatic heterocycles. The summed E-state index contributed by atoms with van der Waals surface area (Å²) in [5.74, 6) is 2.42. The van der Waals surface area contributed by atoms with Gasteiger partial charge in [0.2, 0.25) is 11.7 Å². The second-order valence-electron chi connectivity index (χ2n) is 6.73. The SMILES string of the molecule is COc1ccc([C@H]2C[C@@H](c3ccc(C)cc3)Nc3nnnn32)c(OC)c1OC. The van der Waals surface area contributed by atoms with Crippen LogP contribution in [0.2, 0.25) is 0 Å². The van der Waals surface area contributed by atoms with E-state index in [4.69, 9.17) is 14.2 Å². The van der Waals surface area contributed by atoms with Crippen LogP contribution in [0.4, 0.5) is 5.95 Å². The highest BCUT2D eigenvalue weighted by Crippen LogP contribution is 2.46. The van der Waals surface area contributed by atoms with Crippen LogP contribution < -0.4 is 19.5 Å². The second-order valence-corrected chi connectivity index (χ2v) is 6.73. The number of benzene rings is 2. The Balaban J connectivity index is 1.80. The minimum absolute atomic E-state index is 0.0712. The van der Waals surface area contributed by atoms with E-state index in [0.29, 0.717) is 23.2 Å². The first kappa shape index (κ1) is 18.1. The van der Waals surface area contributed by atoms with Crippen LogP contribution in [0.15, 0.2) is 36.4 Å². The van der Waals surface area contributed by atoms with Crippen LogP contribution in [0.5, 0.6) is 17.2 Å². The van der Waals surface area contributed by atoms with Crippen LogP contribution in [0, 0.1) is 6.92 Å². The normalized spacial score (nSPS) is 18.1. The van der Waals surface area contributed by atoms with E-state index < -0.39 is 0 Å². The Morgan fingerprint density at radius 3 is 2.39 bits per heavy atom. The van der Waals surface area contributed by atoms with Gasteiger partial charge in [-0.15, -0.1) is 0 Å². The smallest absolute Gasteiger partial charge is 0.243 e. The molecule has 4 rings (SSSR count). The summed E-state index contributed by atoms with van der Waals surface area (Å²) in [6.45, 7) is 2.08. The lowest BCUT2D eigenvalue weighted by Crippen LogP contribution is -2.28. The van der Waals surface area contributed by atoms with E-state index in [9.17, 15) is 0 Å². The maximum atomic E-state index is 5.70. The Labute approximate surface area is 163 Å². The van der Waals surface area contributed by atoms with E-state index in [2.05, 4.69) is 52.0 Å². The van der Waals surface area contributed by atoms with Crippen LogP contribution >= 0.6 is 0 Å². The van der Waals surface area contributed by atoms with Crippen LogP contribution in [-0.4, -0.2) is 41.5 Å². The van der Waals surface area contributed by atoms with Crippen molar-refractivity contribution < 1.29 is 14.2 Å². The van der Waals surface area contributed by atoms with Crippen LogP contribution in [-0.2, 0) is 0 Å². The Hall–Kier alpha value is -3.29. The fourth-order valence-electron chi connectivity index (χ4n) is 3.70. The van der Waals surface area contributed by atoms with Crippen molar-refractivity contribution in [1.82, 2.24) is 20.2 Å². The molecule has 1 N–H and O–H groups in total. The van der Waals surface area contributed by atoms with Crippen LogP contribution in [0.3, 0.4) is 0 Å².